The van der Waals surface area contributed by atoms with Crippen molar-refractivity contribution >= 4 is 29.3 Å². The van der Waals surface area contributed by atoms with Gasteiger partial charge in [0.15, 0.2) is 6.10 Å². The normalized spacial score (nSPS) is 28.4. The Kier molecular flexibility index (Phi) is 5.39. The summed E-state index contributed by atoms with van der Waals surface area (Å²) in [6, 6.07) is 8.11. The van der Waals surface area contributed by atoms with Crippen LogP contribution in [0.5, 0.6) is 0 Å². The molecule has 0 aliphatic heterocycles. The summed E-state index contributed by atoms with van der Waals surface area (Å²) in [4.78, 5) is 12.3. The van der Waals surface area contributed by atoms with Gasteiger partial charge in [-0.15, -0.1) is 23.4 Å². The zero-order chi connectivity index (χ0) is 15.5. The van der Waals surface area contributed by atoms with Crippen molar-refractivity contribution in [1.29, 1.82) is 0 Å². The lowest BCUT2D eigenvalue weighted by Crippen LogP contribution is -2.20. The van der Waals surface area contributed by atoms with Gasteiger partial charge in [-0.1, -0.05) is 30.3 Å². The van der Waals surface area contributed by atoms with Crippen LogP contribution in [-0.2, 0) is 16.0 Å². The highest BCUT2D eigenvalue weighted by atomic mass is 35.5. The van der Waals surface area contributed by atoms with Crippen LogP contribution in [0.1, 0.15) is 43.9 Å². The van der Waals surface area contributed by atoms with Gasteiger partial charge < -0.3 is 4.74 Å². The van der Waals surface area contributed by atoms with E-state index in [0.717, 1.165) is 35.3 Å². The average Bonchev–Trinajstić information content (AvgIpc) is 2.45. The second-order valence-corrected chi connectivity index (χ2v) is 7.42. The Labute approximate surface area is 135 Å². The van der Waals surface area contributed by atoms with Crippen molar-refractivity contribution in [3.8, 4) is 0 Å². The van der Waals surface area contributed by atoms with E-state index in [1.807, 2.05) is 24.5 Å². The Hall–Kier alpha value is -0.930. The zero-order valence-corrected chi connectivity index (χ0v) is 14.3. The predicted molar refractivity (Wildman–Crippen MR) is 89.7 cm³/mol. The van der Waals surface area contributed by atoms with E-state index in [1.54, 1.807) is 11.8 Å². The smallest absolute Gasteiger partial charge is 0.303 e. The standard InChI is InChI=1S/C17H21ClO2S/c1-12(19)20-16-14-8-5-4-7-13(14)11-17(2,18)10-6-9-15(16)21-3/h4-5,7-9,16H,6,10-11H2,1-3H3/b15-9+. The van der Waals surface area contributed by atoms with Crippen molar-refractivity contribution in [2.24, 2.45) is 0 Å². The van der Waals surface area contributed by atoms with Gasteiger partial charge in [0, 0.05) is 22.3 Å². The number of esters is 1. The summed E-state index contributed by atoms with van der Waals surface area (Å²) in [5, 5.41) is 0. The number of allylic oxidation sites excluding steroid dienone is 1. The first-order valence-corrected chi connectivity index (χ1v) is 8.71. The van der Waals surface area contributed by atoms with Gasteiger partial charge in [-0.3, -0.25) is 4.79 Å². The molecule has 4 heteroatoms. The maximum atomic E-state index is 11.5. The fraction of sp³-hybridized carbons (Fsp3) is 0.471. The van der Waals surface area contributed by atoms with Crippen LogP contribution in [0.25, 0.3) is 0 Å². The molecule has 21 heavy (non-hydrogen) atoms. The molecule has 0 saturated heterocycles. The first-order valence-electron chi connectivity index (χ1n) is 7.11. The molecule has 0 heterocycles. The Balaban J connectivity index is 2.52. The molecule has 0 fully saturated rings. The van der Waals surface area contributed by atoms with Crippen LogP contribution in [0.3, 0.4) is 0 Å². The number of hydrogen-bond acceptors (Lipinski definition) is 3. The van der Waals surface area contributed by atoms with Gasteiger partial charge in [0.05, 0.1) is 0 Å². The molecule has 1 aromatic carbocycles. The number of fused-ring (bicyclic) bond motifs is 1. The van der Waals surface area contributed by atoms with Crippen LogP contribution in [0, 0.1) is 0 Å². The number of benzene rings is 1. The Morgan fingerprint density at radius 2 is 2.14 bits per heavy atom. The molecule has 0 spiro atoms. The van der Waals surface area contributed by atoms with E-state index in [2.05, 4.69) is 19.1 Å². The zero-order valence-electron chi connectivity index (χ0n) is 12.7. The number of carbonyl (C=O) groups excluding carboxylic acids is 1. The minimum Gasteiger partial charge on any atom is -0.452 e. The lowest BCUT2D eigenvalue weighted by atomic mass is 9.92. The highest BCUT2D eigenvalue weighted by Gasteiger charge is 2.28. The lowest BCUT2D eigenvalue weighted by Gasteiger charge is -2.24. The maximum Gasteiger partial charge on any atom is 0.303 e. The van der Waals surface area contributed by atoms with E-state index in [0.29, 0.717) is 0 Å². The summed E-state index contributed by atoms with van der Waals surface area (Å²) >= 11 is 8.28. The third-order valence-corrected chi connectivity index (χ3v) is 4.86. The third-order valence-electron chi connectivity index (χ3n) is 3.69. The summed E-state index contributed by atoms with van der Waals surface area (Å²) < 4.78 is 5.61. The average molecular weight is 325 g/mol. The first-order chi connectivity index (χ1) is 9.93. The maximum absolute atomic E-state index is 11.5. The number of ether oxygens (including phenoxy) is 1. The highest BCUT2D eigenvalue weighted by Crippen LogP contribution is 2.39. The van der Waals surface area contributed by atoms with E-state index in [-0.39, 0.29) is 16.9 Å². The number of rotatable bonds is 2. The van der Waals surface area contributed by atoms with E-state index in [1.165, 1.54) is 6.92 Å². The second-order valence-electron chi connectivity index (χ2n) is 5.63. The summed E-state index contributed by atoms with van der Waals surface area (Å²) in [6.07, 6.45) is 6.42. The van der Waals surface area contributed by atoms with Crippen molar-refractivity contribution < 1.29 is 9.53 Å². The first kappa shape index (κ1) is 16.4. The fourth-order valence-corrected chi connectivity index (χ4v) is 3.62. The topological polar surface area (TPSA) is 26.3 Å². The van der Waals surface area contributed by atoms with Crippen LogP contribution in [0.4, 0.5) is 0 Å². The van der Waals surface area contributed by atoms with Crippen LogP contribution in [0.2, 0.25) is 0 Å². The molecule has 0 amide bonds. The monoisotopic (exact) mass is 324 g/mol. The van der Waals surface area contributed by atoms with Gasteiger partial charge >= 0.3 is 5.97 Å². The largest absolute Gasteiger partial charge is 0.452 e. The number of hydrogen-bond donors (Lipinski definition) is 0. The van der Waals surface area contributed by atoms with Gasteiger partial charge in [-0.2, -0.15) is 0 Å². The molecule has 0 bridgehead atoms. The van der Waals surface area contributed by atoms with Crippen LogP contribution >= 0.6 is 23.4 Å². The molecule has 2 rings (SSSR count). The fourth-order valence-electron chi connectivity index (χ4n) is 2.69. The summed E-state index contributed by atoms with van der Waals surface area (Å²) in [5.74, 6) is -0.261. The highest BCUT2D eigenvalue weighted by molar-refractivity contribution is 8.02. The molecular weight excluding hydrogens is 304 g/mol. The molecule has 1 aromatic rings. The Morgan fingerprint density at radius 1 is 1.43 bits per heavy atom. The van der Waals surface area contributed by atoms with Crippen LogP contribution in [-0.4, -0.2) is 17.1 Å². The van der Waals surface area contributed by atoms with Crippen LogP contribution < -0.4 is 0 Å². The number of thioether (sulfide) groups is 1. The number of carbonyl (C=O) groups is 1. The second kappa shape index (κ2) is 6.89. The van der Waals surface area contributed by atoms with Crippen molar-refractivity contribution in [2.75, 3.05) is 6.26 Å². The minimum absolute atomic E-state index is 0.261. The molecule has 0 radical (unpaired) electrons. The van der Waals surface area contributed by atoms with Gasteiger partial charge in [0.1, 0.15) is 0 Å². The summed E-state index contributed by atoms with van der Waals surface area (Å²) in [6.45, 7) is 3.53. The van der Waals surface area contributed by atoms with E-state index in [4.69, 9.17) is 16.3 Å². The van der Waals surface area contributed by atoms with Crippen LogP contribution in [0.15, 0.2) is 35.2 Å². The molecule has 0 saturated carbocycles. The van der Waals surface area contributed by atoms with Crippen molar-refractivity contribution in [1.82, 2.24) is 0 Å². The SMILES string of the molecule is CS/C1=C/CCC(C)(Cl)Cc2ccccc2C1OC(C)=O. The Morgan fingerprint density at radius 3 is 2.81 bits per heavy atom. The molecule has 1 aliphatic rings. The summed E-state index contributed by atoms with van der Waals surface area (Å²) in [7, 11) is 0. The van der Waals surface area contributed by atoms with Gasteiger partial charge in [-0.25, -0.2) is 0 Å². The van der Waals surface area contributed by atoms with Crippen molar-refractivity contribution in [3.63, 3.8) is 0 Å². The van der Waals surface area contributed by atoms with Gasteiger partial charge in [-0.05, 0) is 38.0 Å². The summed E-state index contributed by atoms with van der Waals surface area (Å²) in [5.41, 5.74) is 2.20. The minimum atomic E-state index is -0.320. The quantitative estimate of drug-likeness (QED) is 0.573. The van der Waals surface area contributed by atoms with E-state index < -0.39 is 0 Å². The van der Waals surface area contributed by atoms with Crippen molar-refractivity contribution in [3.05, 3.63) is 46.4 Å². The molecule has 0 aromatic heterocycles. The van der Waals surface area contributed by atoms with Gasteiger partial charge in [0.25, 0.3) is 0 Å². The van der Waals surface area contributed by atoms with E-state index >= 15 is 0 Å². The molecule has 114 valence electrons. The predicted octanol–water partition coefficient (Wildman–Crippen LogP) is 4.87. The van der Waals surface area contributed by atoms with E-state index in [9.17, 15) is 4.79 Å². The van der Waals surface area contributed by atoms with Gasteiger partial charge in [0.2, 0.25) is 0 Å². The molecule has 2 unspecified atom stereocenters. The number of halogens is 1. The van der Waals surface area contributed by atoms with Crippen molar-refractivity contribution in [2.45, 2.75) is 44.1 Å². The molecular formula is C17H21ClO2S. The molecule has 0 N–H and O–H groups in total. The molecule has 2 nitrogen and oxygen atoms in total. The number of alkyl halides is 1. The lowest BCUT2D eigenvalue weighted by molar-refractivity contribution is -0.144. The molecule has 2 atom stereocenters. The molecule has 1 aliphatic carbocycles. The third kappa shape index (κ3) is 4.27. The Bertz CT molecular complexity index is 551.